The number of nitrogens with zero attached hydrogens (tertiary/aromatic N) is 2. The first-order valence-electron chi connectivity index (χ1n) is 8.27. The molecule has 1 saturated heterocycles. The van der Waals surface area contributed by atoms with Crippen molar-refractivity contribution >= 4 is 11.8 Å². The maximum Gasteiger partial charge on any atom is 0.251 e. The number of rotatable bonds is 5. The highest BCUT2D eigenvalue weighted by Crippen LogP contribution is 2.22. The van der Waals surface area contributed by atoms with E-state index in [1.165, 1.54) is 14.2 Å². The molecule has 0 radical (unpaired) electrons. The van der Waals surface area contributed by atoms with Crippen molar-refractivity contribution in [3.63, 3.8) is 0 Å². The Kier molecular flexibility index (Phi) is 5.31. The number of nitrogens with one attached hydrogen (secondary N) is 2. The normalized spacial score (nSPS) is 16.5. The number of hydrogen-bond donors (Lipinski definition) is 2. The minimum Gasteiger partial charge on any atom is -0.481 e. The molecule has 0 bridgehead atoms. The zero-order valence-corrected chi connectivity index (χ0v) is 14.6. The number of carbonyl (C=O) groups excluding carboxylic acids is 2. The number of carbonyl (C=O) groups is 2. The van der Waals surface area contributed by atoms with Crippen LogP contribution in [0.1, 0.15) is 23.2 Å². The number of piperidine rings is 1. The van der Waals surface area contributed by atoms with E-state index < -0.39 is 6.04 Å². The summed E-state index contributed by atoms with van der Waals surface area (Å²) in [5, 5.41) is 5.51. The van der Waals surface area contributed by atoms with E-state index in [-0.39, 0.29) is 11.8 Å². The van der Waals surface area contributed by atoms with Crippen LogP contribution in [0.5, 0.6) is 11.8 Å². The van der Waals surface area contributed by atoms with Crippen LogP contribution in [0.4, 0.5) is 0 Å². The van der Waals surface area contributed by atoms with Crippen LogP contribution in [-0.2, 0) is 4.79 Å². The molecule has 1 unspecified atom stereocenters. The molecule has 136 valence electrons. The van der Waals surface area contributed by atoms with Crippen LogP contribution < -0.4 is 20.1 Å². The molecule has 8 heteroatoms. The van der Waals surface area contributed by atoms with Crippen LogP contribution >= 0.6 is 0 Å². The molecule has 3 rings (SSSR count). The Morgan fingerprint density at radius 1 is 1.15 bits per heavy atom. The van der Waals surface area contributed by atoms with E-state index in [0.29, 0.717) is 41.7 Å². The smallest absolute Gasteiger partial charge is 0.251 e. The molecule has 2 heterocycles. The molecule has 1 aromatic heterocycles. The van der Waals surface area contributed by atoms with Gasteiger partial charge in [-0.2, -0.15) is 9.97 Å². The Morgan fingerprint density at radius 3 is 2.38 bits per heavy atom. The van der Waals surface area contributed by atoms with Gasteiger partial charge < -0.3 is 20.1 Å². The van der Waals surface area contributed by atoms with Gasteiger partial charge in [-0.3, -0.25) is 9.59 Å². The van der Waals surface area contributed by atoms with E-state index in [4.69, 9.17) is 9.47 Å². The lowest BCUT2D eigenvalue weighted by Gasteiger charge is -2.22. The van der Waals surface area contributed by atoms with Crippen molar-refractivity contribution in [2.24, 2.45) is 0 Å². The highest BCUT2D eigenvalue weighted by Gasteiger charge is 2.24. The summed E-state index contributed by atoms with van der Waals surface area (Å²) >= 11 is 0. The lowest BCUT2D eigenvalue weighted by molar-refractivity contribution is -0.124. The van der Waals surface area contributed by atoms with Crippen molar-refractivity contribution in [2.45, 2.75) is 18.9 Å². The van der Waals surface area contributed by atoms with Gasteiger partial charge in [0.25, 0.3) is 5.91 Å². The number of hydrogen-bond acceptors (Lipinski definition) is 6. The van der Waals surface area contributed by atoms with Crippen LogP contribution in [0, 0.1) is 0 Å². The highest BCUT2D eigenvalue weighted by molar-refractivity contribution is 5.98. The number of aromatic nitrogens is 2. The molecule has 1 aromatic carbocycles. The SMILES string of the molecule is COc1cc(OC)nc(-c2ccc(C(=O)NC3CCCNC3=O)cc2)n1. The fraction of sp³-hybridized carbons (Fsp3) is 0.333. The number of benzene rings is 1. The van der Waals surface area contributed by atoms with Crippen LogP contribution in [0.2, 0.25) is 0 Å². The van der Waals surface area contributed by atoms with Gasteiger partial charge in [-0.25, -0.2) is 0 Å². The van der Waals surface area contributed by atoms with Crippen LogP contribution in [0.25, 0.3) is 11.4 Å². The quantitative estimate of drug-likeness (QED) is 0.834. The van der Waals surface area contributed by atoms with E-state index in [2.05, 4.69) is 20.6 Å². The molecule has 2 N–H and O–H groups in total. The van der Waals surface area contributed by atoms with Crippen molar-refractivity contribution in [3.8, 4) is 23.1 Å². The summed E-state index contributed by atoms with van der Waals surface area (Å²) in [6, 6.07) is 7.91. The summed E-state index contributed by atoms with van der Waals surface area (Å²) in [4.78, 5) is 32.7. The molecule has 1 aliphatic heterocycles. The Balaban J connectivity index is 1.76. The van der Waals surface area contributed by atoms with Gasteiger partial charge in [0.05, 0.1) is 20.3 Å². The second kappa shape index (κ2) is 7.81. The maximum absolute atomic E-state index is 12.3. The fourth-order valence-corrected chi connectivity index (χ4v) is 2.66. The fourth-order valence-electron chi connectivity index (χ4n) is 2.66. The van der Waals surface area contributed by atoms with E-state index in [1.807, 2.05) is 0 Å². The predicted octanol–water partition coefficient (Wildman–Crippen LogP) is 1.17. The summed E-state index contributed by atoms with van der Waals surface area (Å²) in [5.74, 6) is 0.773. The first kappa shape index (κ1) is 17.7. The molecule has 1 fully saturated rings. The lowest BCUT2D eigenvalue weighted by atomic mass is 10.1. The lowest BCUT2D eigenvalue weighted by Crippen LogP contribution is -2.50. The second-order valence-electron chi connectivity index (χ2n) is 5.81. The minimum atomic E-state index is -0.484. The molecule has 0 aliphatic carbocycles. The van der Waals surface area contributed by atoms with Crippen molar-refractivity contribution in [1.29, 1.82) is 0 Å². The number of methoxy groups -OCH3 is 2. The molecular weight excluding hydrogens is 336 g/mol. The van der Waals surface area contributed by atoms with Gasteiger partial charge in [0.15, 0.2) is 5.82 Å². The van der Waals surface area contributed by atoms with Crippen molar-refractivity contribution in [1.82, 2.24) is 20.6 Å². The average molecular weight is 356 g/mol. The van der Waals surface area contributed by atoms with E-state index in [9.17, 15) is 9.59 Å². The Morgan fingerprint density at radius 2 is 1.81 bits per heavy atom. The summed E-state index contributed by atoms with van der Waals surface area (Å²) in [6.45, 7) is 0.657. The molecule has 0 saturated carbocycles. The summed E-state index contributed by atoms with van der Waals surface area (Å²) < 4.78 is 10.3. The zero-order valence-electron chi connectivity index (χ0n) is 14.6. The average Bonchev–Trinajstić information content (AvgIpc) is 2.69. The van der Waals surface area contributed by atoms with Gasteiger partial charge in [-0.05, 0) is 25.0 Å². The van der Waals surface area contributed by atoms with Crippen LogP contribution in [-0.4, -0.2) is 48.6 Å². The van der Waals surface area contributed by atoms with E-state index in [0.717, 1.165) is 6.42 Å². The topological polar surface area (TPSA) is 102 Å². The van der Waals surface area contributed by atoms with E-state index >= 15 is 0 Å². The molecule has 26 heavy (non-hydrogen) atoms. The van der Waals surface area contributed by atoms with Crippen molar-refractivity contribution in [3.05, 3.63) is 35.9 Å². The first-order chi connectivity index (χ1) is 12.6. The highest BCUT2D eigenvalue weighted by atomic mass is 16.5. The summed E-state index contributed by atoms with van der Waals surface area (Å²) in [5.41, 5.74) is 1.18. The van der Waals surface area contributed by atoms with Gasteiger partial charge in [-0.1, -0.05) is 12.1 Å². The van der Waals surface area contributed by atoms with Gasteiger partial charge in [0, 0.05) is 17.7 Å². The standard InChI is InChI=1S/C18H20N4O4/c1-25-14-10-15(26-2)22-16(21-14)11-5-7-12(8-6-11)17(23)20-13-4-3-9-19-18(13)24/h5-8,10,13H,3-4,9H2,1-2H3,(H,19,24)(H,20,23). The molecule has 1 aliphatic rings. The van der Waals surface area contributed by atoms with E-state index in [1.54, 1.807) is 30.3 Å². The van der Waals surface area contributed by atoms with Crippen LogP contribution in [0.3, 0.4) is 0 Å². The van der Waals surface area contributed by atoms with Gasteiger partial charge >= 0.3 is 0 Å². The third kappa shape index (κ3) is 3.90. The maximum atomic E-state index is 12.3. The summed E-state index contributed by atoms with van der Waals surface area (Å²) in [6.07, 6.45) is 1.50. The predicted molar refractivity (Wildman–Crippen MR) is 94.1 cm³/mol. The third-order valence-corrected chi connectivity index (χ3v) is 4.09. The van der Waals surface area contributed by atoms with Crippen LogP contribution in [0.15, 0.2) is 30.3 Å². The molecule has 8 nitrogen and oxygen atoms in total. The molecule has 2 amide bonds. The minimum absolute atomic E-state index is 0.141. The monoisotopic (exact) mass is 356 g/mol. The summed E-state index contributed by atoms with van der Waals surface area (Å²) in [7, 11) is 3.03. The number of amides is 2. The molecular formula is C18H20N4O4. The Hall–Kier alpha value is -3.16. The molecule has 2 aromatic rings. The van der Waals surface area contributed by atoms with Gasteiger partial charge in [0.1, 0.15) is 6.04 Å². The largest absolute Gasteiger partial charge is 0.481 e. The molecule has 1 atom stereocenters. The van der Waals surface area contributed by atoms with Crippen molar-refractivity contribution in [2.75, 3.05) is 20.8 Å². The van der Waals surface area contributed by atoms with Gasteiger partial charge in [-0.15, -0.1) is 0 Å². The van der Waals surface area contributed by atoms with Crippen molar-refractivity contribution < 1.29 is 19.1 Å². The number of ether oxygens (including phenoxy) is 2. The first-order valence-corrected chi connectivity index (χ1v) is 8.27. The third-order valence-electron chi connectivity index (χ3n) is 4.09. The Labute approximate surface area is 150 Å². The molecule has 0 spiro atoms. The Bertz CT molecular complexity index is 785. The van der Waals surface area contributed by atoms with Gasteiger partial charge in [0.2, 0.25) is 17.7 Å². The second-order valence-corrected chi connectivity index (χ2v) is 5.81. The zero-order chi connectivity index (χ0) is 18.5.